The van der Waals surface area contributed by atoms with E-state index in [0.29, 0.717) is 16.9 Å². The van der Waals surface area contributed by atoms with Crippen LogP contribution in [0.3, 0.4) is 0 Å². The fourth-order valence-electron chi connectivity index (χ4n) is 1.97. The van der Waals surface area contributed by atoms with Crippen LogP contribution in [0, 0.1) is 6.92 Å². The Morgan fingerprint density at radius 2 is 1.95 bits per heavy atom. The highest BCUT2D eigenvalue weighted by Crippen LogP contribution is 2.23. The van der Waals surface area contributed by atoms with Gasteiger partial charge in [0.15, 0.2) is 0 Å². The van der Waals surface area contributed by atoms with E-state index >= 15 is 0 Å². The number of hydrogen-bond donors (Lipinski definition) is 2. The summed E-state index contributed by atoms with van der Waals surface area (Å²) in [7, 11) is 0. The van der Waals surface area contributed by atoms with Gasteiger partial charge < -0.3 is 10.6 Å². The predicted molar refractivity (Wildman–Crippen MR) is 89.4 cm³/mol. The maximum Gasteiger partial charge on any atom is 0.226 e. The molecule has 0 spiro atoms. The lowest BCUT2D eigenvalue weighted by Crippen LogP contribution is -2.11. The molecular weight excluding hydrogens is 307 g/mol. The van der Waals surface area contributed by atoms with Gasteiger partial charge in [-0.2, -0.15) is 4.98 Å². The van der Waals surface area contributed by atoms with E-state index in [2.05, 4.69) is 26.7 Å². The van der Waals surface area contributed by atoms with Crippen molar-refractivity contribution in [2.24, 2.45) is 0 Å². The summed E-state index contributed by atoms with van der Waals surface area (Å²) in [6.07, 6.45) is 0. The molecule has 2 N–H and O–H groups in total. The number of aromatic nitrogens is 2. The van der Waals surface area contributed by atoms with Crippen LogP contribution in [0.1, 0.15) is 31.0 Å². The van der Waals surface area contributed by atoms with Crippen molar-refractivity contribution in [2.45, 2.75) is 26.8 Å². The Kier molecular flexibility index (Phi) is 5.26. The summed E-state index contributed by atoms with van der Waals surface area (Å²) < 4.78 is 0. The Labute approximate surface area is 134 Å². The van der Waals surface area contributed by atoms with Gasteiger partial charge in [0.1, 0.15) is 11.0 Å². The van der Waals surface area contributed by atoms with Crippen LogP contribution in [0.25, 0.3) is 0 Å². The molecule has 0 radical (unpaired) electrons. The summed E-state index contributed by atoms with van der Waals surface area (Å²) in [5.41, 5.74) is 2.16. The van der Waals surface area contributed by atoms with Crippen LogP contribution in [0.5, 0.6) is 0 Å². The molecule has 1 aromatic carbocycles. The highest BCUT2D eigenvalue weighted by atomic mass is 35.5. The monoisotopic (exact) mass is 324 g/mol. The average Bonchev–Trinajstić information content (AvgIpc) is 2.41. The first-order chi connectivity index (χ1) is 9.99. The maximum atomic E-state index is 6.05. The van der Waals surface area contributed by atoms with Gasteiger partial charge in [-0.05, 0) is 38.0 Å². The molecule has 1 atom stereocenters. The summed E-state index contributed by atoms with van der Waals surface area (Å²) in [4.78, 5) is 8.58. The van der Waals surface area contributed by atoms with E-state index in [1.54, 1.807) is 6.07 Å². The largest absolute Gasteiger partial charge is 0.370 e. The standard InChI is InChI=1S/C15H18Cl2N4/c1-4-18-14-8-13(17)20-15(21-14)19-10(3)11-5-6-12(16)9(2)7-11/h5-8,10H,4H2,1-3H3,(H2,18,19,20,21). The van der Waals surface area contributed by atoms with Crippen LogP contribution < -0.4 is 10.6 Å². The van der Waals surface area contributed by atoms with Gasteiger partial charge in [0.25, 0.3) is 0 Å². The molecule has 0 bridgehead atoms. The Hall–Kier alpha value is -1.52. The number of aryl methyl sites for hydroxylation is 1. The number of benzene rings is 1. The molecule has 1 heterocycles. The van der Waals surface area contributed by atoms with Gasteiger partial charge in [-0.3, -0.25) is 0 Å². The van der Waals surface area contributed by atoms with E-state index in [9.17, 15) is 0 Å². The van der Waals surface area contributed by atoms with Crippen LogP contribution in [-0.2, 0) is 0 Å². The van der Waals surface area contributed by atoms with Crippen molar-refractivity contribution in [1.29, 1.82) is 0 Å². The molecule has 112 valence electrons. The quantitative estimate of drug-likeness (QED) is 0.783. The summed E-state index contributed by atoms with van der Waals surface area (Å²) in [5, 5.41) is 7.55. The number of hydrogen-bond acceptors (Lipinski definition) is 4. The fraction of sp³-hybridized carbons (Fsp3) is 0.333. The van der Waals surface area contributed by atoms with Crippen LogP contribution in [0.15, 0.2) is 24.3 Å². The molecule has 1 aromatic heterocycles. The molecule has 0 saturated heterocycles. The molecule has 0 fully saturated rings. The van der Waals surface area contributed by atoms with Crippen LogP contribution in [0.2, 0.25) is 10.2 Å². The van der Waals surface area contributed by atoms with Gasteiger partial charge >= 0.3 is 0 Å². The van der Waals surface area contributed by atoms with E-state index in [-0.39, 0.29) is 6.04 Å². The van der Waals surface area contributed by atoms with E-state index in [0.717, 1.165) is 22.7 Å². The first-order valence-corrected chi connectivity index (χ1v) is 7.56. The van der Waals surface area contributed by atoms with Crippen molar-refractivity contribution in [3.05, 3.63) is 45.6 Å². The zero-order chi connectivity index (χ0) is 15.4. The van der Waals surface area contributed by atoms with Crippen molar-refractivity contribution in [1.82, 2.24) is 9.97 Å². The third kappa shape index (κ3) is 4.22. The molecule has 0 amide bonds. The third-order valence-electron chi connectivity index (χ3n) is 3.08. The molecule has 2 rings (SSSR count). The minimum absolute atomic E-state index is 0.0499. The molecule has 0 aliphatic rings. The lowest BCUT2D eigenvalue weighted by atomic mass is 10.1. The summed E-state index contributed by atoms with van der Waals surface area (Å²) in [6, 6.07) is 7.69. The highest BCUT2D eigenvalue weighted by molar-refractivity contribution is 6.31. The molecule has 21 heavy (non-hydrogen) atoms. The van der Waals surface area contributed by atoms with Crippen LogP contribution in [0.4, 0.5) is 11.8 Å². The van der Waals surface area contributed by atoms with Crippen molar-refractivity contribution >= 4 is 35.0 Å². The number of nitrogens with zero attached hydrogens (tertiary/aromatic N) is 2. The highest BCUT2D eigenvalue weighted by Gasteiger charge is 2.10. The van der Waals surface area contributed by atoms with E-state index < -0.39 is 0 Å². The molecule has 4 nitrogen and oxygen atoms in total. The smallest absolute Gasteiger partial charge is 0.226 e. The van der Waals surface area contributed by atoms with E-state index in [1.165, 1.54) is 0 Å². The minimum Gasteiger partial charge on any atom is -0.370 e. The first kappa shape index (κ1) is 15.9. The molecule has 6 heteroatoms. The lowest BCUT2D eigenvalue weighted by molar-refractivity contribution is 0.859. The predicted octanol–water partition coefficient (Wildman–Crippen LogP) is 4.70. The number of anilines is 2. The Morgan fingerprint density at radius 3 is 2.62 bits per heavy atom. The van der Waals surface area contributed by atoms with Crippen molar-refractivity contribution < 1.29 is 0 Å². The zero-order valence-electron chi connectivity index (χ0n) is 12.2. The van der Waals surface area contributed by atoms with Crippen LogP contribution >= 0.6 is 23.2 Å². The van der Waals surface area contributed by atoms with Gasteiger partial charge in [0, 0.05) is 17.6 Å². The topological polar surface area (TPSA) is 49.8 Å². The van der Waals surface area contributed by atoms with Gasteiger partial charge in [-0.15, -0.1) is 0 Å². The van der Waals surface area contributed by atoms with Crippen molar-refractivity contribution in [2.75, 3.05) is 17.2 Å². The van der Waals surface area contributed by atoms with E-state index in [1.807, 2.05) is 32.9 Å². The normalized spacial score (nSPS) is 12.0. The van der Waals surface area contributed by atoms with Crippen LogP contribution in [-0.4, -0.2) is 16.5 Å². The fourth-order valence-corrected chi connectivity index (χ4v) is 2.27. The second kappa shape index (κ2) is 6.96. The number of halogens is 2. The average molecular weight is 325 g/mol. The van der Waals surface area contributed by atoms with Crippen molar-refractivity contribution in [3.8, 4) is 0 Å². The second-order valence-electron chi connectivity index (χ2n) is 4.80. The molecule has 0 saturated carbocycles. The molecule has 0 aliphatic heterocycles. The number of nitrogens with one attached hydrogen (secondary N) is 2. The first-order valence-electron chi connectivity index (χ1n) is 6.80. The Morgan fingerprint density at radius 1 is 1.19 bits per heavy atom. The van der Waals surface area contributed by atoms with Gasteiger partial charge in [-0.1, -0.05) is 35.3 Å². The van der Waals surface area contributed by atoms with Crippen molar-refractivity contribution in [3.63, 3.8) is 0 Å². The number of rotatable bonds is 5. The Balaban J connectivity index is 2.18. The zero-order valence-corrected chi connectivity index (χ0v) is 13.8. The minimum atomic E-state index is 0.0499. The third-order valence-corrected chi connectivity index (χ3v) is 3.70. The van der Waals surface area contributed by atoms with Gasteiger partial charge in [0.2, 0.25) is 5.95 Å². The molecule has 2 aromatic rings. The molecule has 1 unspecified atom stereocenters. The lowest BCUT2D eigenvalue weighted by Gasteiger charge is -2.16. The summed E-state index contributed by atoms with van der Waals surface area (Å²) in [6.45, 7) is 6.80. The molecular formula is C15H18Cl2N4. The summed E-state index contributed by atoms with van der Waals surface area (Å²) in [5.74, 6) is 1.21. The molecule has 0 aliphatic carbocycles. The van der Waals surface area contributed by atoms with E-state index in [4.69, 9.17) is 23.2 Å². The van der Waals surface area contributed by atoms with Gasteiger partial charge in [-0.25, -0.2) is 4.98 Å². The summed E-state index contributed by atoms with van der Waals surface area (Å²) >= 11 is 12.1. The Bertz CT molecular complexity index is 631. The SMILES string of the molecule is CCNc1cc(Cl)nc(NC(C)c2ccc(Cl)c(C)c2)n1. The maximum absolute atomic E-state index is 6.05. The van der Waals surface area contributed by atoms with Gasteiger partial charge in [0.05, 0.1) is 6.04 Å². The second-order valence-corrected chi connectivity index (χ2v) is 5.60.